The number of fused-ring (bicyclic) bond motifs is 14. The van der Waals surface area contributed by atoms with Gasteiger partial charge in [0.2, 0.25) is 10.9 Å². The van der Waals surface area contributed by atoms with Crippen molar-refractivity contribution in [3.63, 3.8) is 0 Å². The van der Waals surface area contributed by atoms with Crippen molar-refractivity contribution in [1.29, 1.82) is 0 Å². The number of aliphatic hydroxyl groups is 2. The molecule has 4 aromatic carbocycles. The average Bonchev–Trinajstić information content (AvgIpc) is 1.58. The highest BCUT2D eigenvalue weighted by Gasteiger charge is 2.50. The molecule has 516 valence electrons. The van der Waals surface area contributed by atoms with E-state index in [0.717, 1.165) is 36.4 Å². The number of carbonyl (C=O) groups excluding carboxylic acids is 5. The summed E-state index contributed by atoms with van der Waals surface area (Å²) < 4.78 is 31.0. The fourth-order valence-corrected chi connectivity index (χ4v) is 12.8. The molecule has 5 aliphatic rings. The molecule has 1 saturated heterocycles. The molecule has 5 aromatic rings. The smallest absolute Gasteiger partial charge is 0.312 e. The fraction of sp³-hybridized carbons (Fsp3) is 0.448. The van der Waals surface area contributed by atoms with Crippen molar-refractivity contribution < 1.29 is 78.0 Å². The van der Waals surface area contributed by atoms with Gasteiger partial charge >= 0.3 is 17.7 Å². The number of amides is 2. The van der Waals surface area contributed by atoms with E-state index in [1.807, 2.05) is 38.2 Å². The zero-order valence-corrected chi connectivity index (χ0v) is 58.0. The van der Waals surface area contributed by atoms with Gasteiger partial charge in [-0.3, -0.25) is 34.4 Å². The highest BCUT2D eigenvalue weighted by Crippen LogP contribution is 2.55. The summed E-state index contributed by atoms with van der Waals surface area (Å²) in [5.74, 6) is -8.82. The van der Waals surface area contributed by atoms with Gasteiger partial charge in [-0.05, 0) is 57.7 Å². The van der Waals surface area contributed by atoms with Gasteiger partial charge in [0.15, 0.2) is 17.7 Å². The Bertz CT molecular complexity index is 3890. The minimum Gasteiger partial charge on any atom is -0.507 e. The zero-order chi connectivity index (χ0) is 70.0. The molecule has 25 nitrogen and oxygen atoms in total. The van der Waals surface area contributed by atoms with E-state index in [2.05, 4.69) is 36.1 Å². The highest BCUT2D eigenvalue weighted by atomic mass is 35.5. The van der Waals surface area contributed by atoms with Crippen LogP contribution in [0.1, 0.15) is 113 Å². The molecule has 7 N–H and O–H groups in total. The van der Waals surface area contributed by atoms with E-state index >= 15 is 0 Å². The molecule has 96 heavy (non-hydrogen) atoms. The van der Waals surface area contributed by atoms with E-state index in [9.17, 15) is 49.5 Å². The van der Waals surface area contributed by atoms with Crippen LogP contribution in [0.3, 0.4) is 0 Å². The number of alkyl halides is 1. The van der Waals surface area contributed by atoms with E-state index in [1.54, 1.807) is 63.1 Å². The van der Waals surface area contributed by atoms with E-state index < -0.39 is 106 Å². The molecule has 6 heterocycles. The largest absolute Gasteiger partial charge is 0.507 e. The molecule has 2 amide bonds. The third kappa shape index (κ3) is 16.5. The molecule has 10 atom stereocenters. The van der Waals surface area contributed by atoms with Gasteiger partial charge in [0.25, 0.3) is 11.7 Å². The SMILES string of the molecule is CCCSc1nnc(COc2ccccc2C2=NOC(c3ccc(Cl)cc3Cl)C2)n1NC(=O)C(=O)CCl.CO[C@H]1/C=C/O[C@@]2(C)Oc3c(C)c(O)c4c(O)c(c(/C=N/N5CCN(C)CC5)c(O)c4c3C2=O)NC(=O)/C(C)=C\C=C\[C@H](C)[C@H](O)[C@@H](C)[C@@H](O)[C@@H](C)[C@H](OC(C)=O)[C@@H]1C. The number of phenolic OH excluding ortho intramolecular Hbond substituents is 3. The van der Waals surface area contributed by atoms with Crippen molar-refractivity contribution in [2.75, 3.05) is 62.7 Å². The monoisotopic (exact) mass is 1400 g/mol. The number of aromatic nitrogens is 3. The van der Waals surface area contributed by atoms with Gasteiger partial charge in [-0.2, -0.15) is 5.10 Å². The van der Waals surface area contributed by atoms with Crippen LogP contribution in [0.4, 0.5) is 5.69 Å². The number of ketones is 2. The number of nitrogens with zero attached hydrogens (tertiary/aromatic N) is 7. The number of Topliss-reactive ketones (excluding diaryl/α,β-unsaturated/α-hetero) is 2. The molecule has 5 bridgehead atoms. The van der Waals surface area contributed by atoms with E-state index in [4.69, 9.17) is 63.3 Å². The molecule has 1 unspecified atom stereocenters. The number of hydrogen-bond donors (Lipinski definition) is 7. The van der Waals surface area contributed by atoms with Gasteiger partial charge in [-0.1, -0.05) is 111 Å². The van der Waals surface area contributed by atoms with Crippen LogP contribution in [0.5, 0.6) is 28.7 Å². The number of hydrazone groups is 1. The van der Waals surface area contributed by atoms with Crippen LogP contribution in [0.25, 0.3) is 10.8 Å². The number of aliphatic hydroxyl groups excluding tert-OH is 2. The lowest BCUT2D eigenvalue weighted by Crippen LogP contribution is -2.46. The molecular formula is C67H80Cl3N9O16S. The number of rotatable bonds is 15. The Morgan fingerprint density at radius 1 is 0.938 bits per heavy atom. The Morgan fingerprint density at radius 3 is 2.33 bits per heavy atom. The van der Waals surface area contributed by atoms with Gasteiger partial charge in [-0.15, -0.1) is 21.8 Å². The molecule has 0 aliphatic carbocycles. The molecule has 10 rings (SSSR count). The summed E-state index contributed by atoms with van der Waals surface area (Å²) in [6.07, 6.45) is 5.87. The first-order valence-corrected chi connectivity index (χ1v) is 33.3. The number of likely N-dealkylation sites (N-methyl/N-ethyl adjacent to an activating group) is 1. The van der Waals surface area contributed by atoms with Crippen LogP contribution in [0.2, 0.25) is 10.0 Å². The first-order chi connectivity index (χ1) is 45.6. The van der Waals surface area contributed by atoms with Gasteiger partial charge in [0, 0.05) is 121 Å². The zero-order valence-electron chi connectivity index (χ0n) is 55.0. The maximum Gasteiger partial charge on any atom is 0.312 e. The maximum atomic E-state index is 14.4. The number of phenols is 3. The number of aromatic hydroxyl groups is 3. The number of ether oxygens (including phenoxy) is 5. The average molecular weight is 1410 g/mol. The Balaban J connectivity index is 0.000000272. The van der Waals surface area contributed by atoms with Crippen molar-refractivity contribution in [3.05, 3.63) is 122 Å². The van der Waals surface area contributed by atoms with Crippen LogP contribution in [-0.4, -0.2) is 174 Å². The number of esters is 1. The summed E-state index contributed by atoms with van der Waals surface area (Å²) in [6.45, 7) is 17.1. The number of halogens is 3. The first kappa shape index (κ1) is 73.9. The number of para-hydroxylation sites is 1. The number of carbonyl (C=O) groups is 5. The van der Waals surface area contributed by atoms with E-state index in [1.165, 1.54) is 75.9 Å². The van der Waals surface area contributed by atoms with Crippen molar-refractivity contribution in [1.82, 2.24) is 24.8 Å². The molecule has 29 heteroatoms. The molecule has 1 aromatic heterocycles. The van der Waals surface area contributed by atoms with Crippen LogP contribution in [0.15, 0.2) is 94.0 Å². The standard InChI is InChI=1S/C43H58N4O12.C24H22Cl3N5O4S/c1-21-12-11-13-22(2)42(55)45-33-28(20-44-47-17-15-46(9)16-18-47)37(52)30-31(38(33)53)36(51)26(6)40-32(30)41(54)43(8,59-40)57-19-14-29(56-10)23(3)39(58-27(7)48)25(5)35(50)24(4)34(21)49;1-2-9-37-24-29-28-22(32(24)30-23(34)19(33)12-25)13-35-20-6-4-3-5-16(20)18-11-21(36-31-18)15-8-7-14(26)10-17(15)27/h11-14,19-21,23-25,29,34-35,39,49-53H,15-18H2,1-10H3,(H,45,55);3-8,10,21H,2,9,11-13H2,1H3,(H,30,34)/b12-11+,19-14+,22-13-,44-20+;/t21-,23+,24+,25+,29-,34-,35+,39+,43-;/m0./s1. The molecule has 5 aliphatic heterocycles. The van der Waals surface area contributed by atoms with E-state index in [-0.39, 0.29) is 57.2 Å². The summed E-state index contributed by atoms with van der Waals surface area (Å²) in [7, 11) is 3.42. The van der Waals surface area contributed by atoms with Gasteiger partial charge in [0.05, 0.1) is 64.6 Å². The number of methoxy groups -OCH3 is 1. The van der Waals surface area contributed by atoms with Crippen LogP contribution in [-0.2, 0) is 44.8 Å². The quantitative estimate of drug-likeness (QED) is 0.00975. The fourth-order valence-electron chi connectivity index (χ4n) is 11.4. The van der Waals surface area contributed by atoms with Gasteiger partial charge < -0.3 is 64.3 Å². The minimum atomic E-state index is -2.04. The third-order valence-electron chi connectivity index (χ3n) is 17.1. The summed E-state index contributed by atoms with van der Waals surface area (Å²) in [5.41, 5.74) is 4.37. The Morgan fingerprint density at radius 2 is 1.66 bits per heavy atom. The Kier molecular flexibility index (Phi) is 24.9. The van der Waals surface area contributed by atoms with Crippen LogP contribution in [0, 0.1) is 30.6 Å². The number of piperazine rings is 1. The first-order valence-electron chi connectivity index (χ1n) is 31.1. The molecular weight excluding hydrogens is 1330 g/mol. The normalized spacial score (nSPS) is 25.4. The molecule has 0 spiro atoms. The Hall–Kier alpha value is -7.95. The second kappa shape index (κ2) is 32.4. The highest BCUT2D eigenvalue weighted by molar-refractivity contribution is 7.99. The predicted molar refractivity (Wildman–Crippen MR) is 364 cm³/mol. The van der Waals surface area contributed by atoms with Crippen molar-refractivity contribution in [2.24, 2.45) is 33.9 Å². The third-order valence-corrected chi connectivity index (χ3v) is 19.1. The summed E-state index contributed by atoms with van der Waals surface area (Å²) in [5, 5.41) is 80.9. The molecule has 1 fully saturated rings. The number of thioether (sulfide) groups is 1. The molecule has 0 saturated carbocycles. The maximum absolute atomic E-state index is 14.4. The van der Waals surface area contributed by atoms with Gasteiger partial charge in [0.1, 0.15) is 35.7 Å². The number of benzene rings is 4. The Labute approximate surface area is 575 Å². The molecule has 0 radical (unpaired) electrons. The second-order valence-corrected chi connectivity index (χ2v) is 26.2. The lowest BCUT2D eigenvalue weighted by atomic mass is 9.78. The van der Waals surface area contributed by atoms with Crippen molar-refractivity contribution in [2.45, 2.75) is 123 Å². The summed E-state index contributed by atoms with van der Waals surface area (Å²) in [4.78, 5) is 72.2. The second-order valence-electron chi connectivity index (χ2n) is 24.0. The number of anilines is 1. The number of hydrogen-bond acceptors (Lipinski definition) is 23. The summed E-state index contributed by atoms with van der Waals surface area (Å²) in [6, 6.07) is 12.6. The van der Waals surface area contributed by atoms with Crippen molar-refractivity contribution >= 4 is 104 Å². The number of allylic oxidation sites excluding steroid dienone is 2. The minimum absolute atomic E-state index is 0.0351. The lowest BCUT2D eigenvalue weighted by Gasteiger charge is -2.38. The number of nitrogens with one attached hydrogen (secondary N) is 2. The van der Waals surface area contributed by atoms with Crippen molar-refractivity contribution in [3.8, 4) is 28.7 Å². The van der Waals surface area contributed by atoms with Crippen LogP contribution < -0.4 is 20.2 Å². The predicted octanol–water partition coefficient (Wildman–Crippen LogP) is 9.75. The lowest BCUT2D eigenvalue weighted by molar-refractivity contribution is -0.160. The topological polar surface area (TPSA) is 328 Å². The van der Waals surface area contributed by atoms with E-state index in [0.29, 0.717) is 52.0 Å². The number of oxime groups is 1. The van der Waals surface area contributed by atoms with Crippen LogP contribution >= 0.6 is 46.6 Å². The summed E-state index contributed by atoms with van der Waals surface area (Å²) >= 11 is 19.3. The van der Waals surface area contributed by atoms with Gasteiger partial charge in [-0.25, -0.2) is 4.68 Å².